The smallest absolute Gasteiger partial charge is 0.406 e. The Bertz CT molecular complexity index is 1600. The van der Waals surface area contributed by atoms with Gasteiger partial charge in [-0.25, -0.2) is 4.99 Å². The topological polar surface area (TPSA) is 48.2 Å². The number of unbranched alkanes of at least 4 members (excludes halogenated alkanes) is 4. The number of hydrogen-bond acceptors (Lipinski definition) is 2. The highest BCUT2D eigenvalue weighted by Gasteiger charge is 2.41. The lowest BCUT2D eigenvalue weighted by molar-refractivity contribution is -0.929. The number of benzene rings is 2. The minimum Gasteiger partial charge on any atom is -1.00 e. The van der Waals surface area contributed by atoms with Gasteiger partial charge in [0.25, 0.3) is 0 Å². The summed E-state index contributed by atoms with van der Waals surface area (Å²) >= 11 is 0. The predicted octanol–water partition coefficient (Wildman–Crippen LogP) is 6.28. The zero-order valence-electron chi connectivity index (χ0n) is 35.0. The quantitative estimate of drug-likeness (QED) is 0.111. The molecule has 7 heteroatoms. The van der Waals surface area contributed by atoms with Gasteiger partial charge in [0.15, 0.2) is 6.21 Å². The highest BCUT2D eigenvalue weighted by Crippen LogP contribution is 2.35. The standard InChI is InChI=1S/C31H34BN2O2.C16H36N.BrH/c1-5-22-20-33-30(26(22)7-3)28-19-29(31-27(8-4)23(6-2)21-34-31)36-32(35-28,24-15-11-9-12-16-24)25-17-13-10-14-18-25;1-5-9-13-17(14-10-6-2,15-11-7-3)16-12-8-4;/h9-21,33H,5-8H2,1-4H3;5-16H2,1-4H3;1H/q-1;+1;/b31-29+;;. The maximum absolute atomic E-state index is 7.03. The largest absolute Gasteiger partial charge is 1.00 e. The number of aromatic amines is 1. The van der Waals surface area contributed by atoms with Crippen LogP contribution in [0.2, 0.25) is 0 Å². The number of halogens is 1. The summed E-state index contributed by atoms with van der Waals surface area (Å²) in [6, 6.07) is 20.7. The molecule has 5 nitrogen and oxygen atoms in total. The molecule has 2 aliphatic heterocycles. The van der Waals surface area contributed by atoms with Gasteiger partial charge in [0, 0.05) is 23.4 Å². The van der Waals surface area contributed by atoms with Crippen molar-refractivity contribution in [3.63, 3.8) is 0 Å². The molecule has 0 saturated carbocycles. The maximum Gasteiger partial charge on any atom is 0.406 e. The van der Waals surface area contributed by atoms with Gasteiger partial charge < -0.3 is 35.8 Å². The second-order valence-electron chi connectivity index (χ2n) is 15.0. The van der Waals surface area contributed by atoms with Crippen molar-refractivity contribution in [3.05, 3.63) is 112 Å². The number of quaternary nitrogens is 1. The second-order valence-corrected chi connectivity index (χ2v) is 15.0. The van der Waals surface area contributed by atoms with Crippen molar-refractivity contribution in [2.75, 3.05) is 26.2 Å². The zero-order valence-corrected chi connectivity index (χ0v) is 36.6. The number of aromatic nitrogens is 1. The molecule has 0 unspecified atom stereocenters. The van der Waals surface area contributed by atoms with E-state index in [4.69, 9.17) is 9.31 Å². The van der Waals surface area contributed by atoms with Crippen molar-refractivity contribution in [2.45, 2.75) is 132 Å². The number of nitrogens with zero attached hydrogens (tertiary/aromatic N) is 1. The van der Waals surface area contributed by atoms with Gasteiger partial charge in [-0.05, 0) is 62.5 Å². The lowest BCUT2D eigenvalue weighted by Crippen LogP contribution is -3.00. The molecule has 3 aromatic rings. The third-order valence-corrected chi connectivity index (χ3v) is 11.4. The molecule has 0 amide bonds. The molecule has 0 aliphatic carbocycles. The number of aryl methyl sites for hydroxylation is 1. The third-order valence-electron chi connectivity index (χ3n) is 11.4. The average Bonchev–Trinajstić information content (AvgIpc) is 3.85. The Hall–Kier alpha value is -3.29. The van der Waals surface area contributed by atoms with Crippen LogP contribution in [-0.2, 0) is 22.2 Å². The Morgan fingerprint density at radius 3 is 1.57 bits per heavy atom. The van der Waals surface area contributed by atoms with Gasteiger partial charge in [-0.2, -0.15) is 0 Å². The zero-order chi connectivity index (χ0) is 38.1. The Kier molecular flexibility index (Phi) is 19.2. The number of rotatable bonds is 19. The van der Waals surface area contributed by atoms with Crippen molar-refractivity contribution < 1.29 is 35.8 Å². The average molecular weight is 801 g/mol. The molecule has 54 heavy (non-hydrogen) atoms. The van der Waals surface area contributed by atoms with E-state index in [0.717, 1.165) is 59.5 Å². The molecule has 2 aromatic carbocycles. The number of H-pyrrole nitrogens is 1. The molecule has 0 atom stereocenters. The molecule has 3 heterocycles. The van der Waals surface area contributed by atoms with E-state index in [2.05, 4.69) is 132 Å². The predicted molar refractivity (Wildman–Crippen MR) is 229 cm³/mol. The molecule has 0 fully saturated rings. The van der Waals surface area contributed by atoms with Crippen LogP contribution >= 0.6 is 0 Å². The fourth-order valence-corrected chi connectivity index (χ4v) is 8.22. The molecule has 0 bridgehead atoms. The van der Waals surface area contributed by atoms with E-state index in [1.165, 1.54) is 104 Å². The summed E-state index contributed by atoms with van der Waals surface area (Å²) in [4.78, 5) is 7.08. The van der Waals surface area contributed by atoms with E-state index in [9.17, 15) is 0 Å². The molecule has 1 aromatic heterocycles. The maximum atomic E-state index is 7.03. The first-order chi connectivity index (χ1) is 25.9. The number of allylic oxidation sites excluding steroid dienone is 3. The minimum absolute atomic E-state index is 0. The summed E-state index contributed by atoms with van der Waals surface area (Å²) in [5.74, 6) is 1.63. The number of nitrogens with one attached hydrogen (secondary N) is 2. The van der Waals surface area contributed by atoms with E-state index in [-0.39, 0.29) is 17.0 Å². The molecule has 296 valence electrons. The molecular formula is C47H71BBrN3O2. The van der Waals surface area contributed by atoms with Crippen LogP contribution in [0.1, 0.15) is 136 Å². The Morgan fingerprint density at radius 1 is 0.630 bits per heavy atom. The summed E-state index contributed by atoms with van der Waals surface area (Å²) in [6.07, 6.45) is 21.2. The van der Waals surface area contributed by atoms with Crippen LogP contribution in [0.5, 0.6) is 0 Å². The molecule has 0 saturated heterocycles. The SMILES string of the molecule is CCC1=C(CC)/C(=C2/C=C(c3[nH]cc(CC)c3CC)O[B-](c3ccccc3)(c3ccccc3)O2)[NH+]=C1.CCCC[N+](CCCC)(CCCC)CCCC.[Br-]. The second kappa shape index (κ2) is 22.9. The van der Waals surface area contributed by atoms with E-state index in [1.54, 1.807) is 0 Å². The molecule has 2 aliphatic rings. The first-order valence-electron chi connectivity index (χ1n) is 21.3. The van der Waals surface area contributed by atoms with E-state index in [1.807, 2.05) is 12.1 Å². The normalized spacial score (nSPS) is 16.3. The van der Waals surface area contributed by atoms with Crippen LogP contribution in [0.25, 0.3) is 5.76 Å². The van der Waals surface area contributed by atoms with Gasteiger partial charge >= 0.3 is 6.55 Å². The number of hydrogen-bond donors (Lipinski definition) is 2. The molecular weight excluding hydrogens is 729 g/mol. The van der Waals surface area contributed by atoms with Crippen LogP contribution in [0, 0.1) is 0 Å². The molecule has 0 spiro atoms. The highest BCUT2D eigenvalue weighted by atomic mass is 79.9. The van der Waals surface area contributed by atoms with Crippen LogP contribution in [0.4, 0.5) is 0 Å². The van der Waals surface area contributed by atoms with Gasteiger partial charge in [-0.3, -0.25) is 0 Å². The van der Waals surface area contributed by atoms with E-state index in [0.29, 0.717) is 0 Å². The van der Waals surface area contributed by atoms with Crippen LogP contribution in [0.15, 0.2) is 95.5 Å². The minimum atomic E-state index is -2.04. The lowest BCUT2D eigenvalue weighted by Gasteiger charge is -2.47. The first-order valence-corrected chi connectivity index (χ1v) is 21.3. The summed E-state index contributed by atoms with van der Waals surface area (Å²) in [7, 11) is 0. The third kappa shape index (κ3) is 10.9. The Morgan fingerprint density at radius 2 is 1.15 bits per heavy atom. The van der Waals surface area contributed by atoms with Crippen molar-refractivity contribution in [2.24, 2.45) is 0 Å². The van der Waals surface area contributed by atoms with Crippen molar-refractivity contribution in [1.82, 2.24) is 4.98 Å². The summed E-state index contributed by atoms with van der Waals surface area (Å²) in [5, 5.41) is 0. The van der Waals surface area contributed by atoms with Gasteiger partial charge in [0.2, 0.25) is 5.70 Å². The summed E-state index contributed by atoms with van der Waals surface area (Å²) in [6.45, 7) is 21.8. The van der Waals surface area contributed by atoms with Crippen molar-refractivity contribution >= 4 is 29.5 Å². The van der Waals surface area contributed by atoms with Crippen LogP contribution in [-0.4, -0.2) is 48.4 Å². The monoisotopic (exact) mass is 799 g/mol. The molecule has 2 N–H and O–H groups in total. The van der Waals surface area contributed by atoms with Gasteiger partial charge in [0.1, 0.15) is 5.76 Å². The highest BCUT2D eigenvalue weighted by molar-refractivity contribution is 6.93. The Balaban J connectivity index is 0.000000372. The van der Waals surface area contributed by atoms with Crippen molar-refractivity contribution in [3.8, 4) is 0 Å². The van der Waals surface area contributed by atoms with Crippen LogP contribution in [0.3, 0.4) is 0 Å². The molecule has 0 radical (unpaired) electrons. The van der Waals surface area contributed by atoms with Gasteiger partial charge in [0.05, 0.1) is 37.6 Å². The molecule has 5 rings (SSSR count). The fraction of sp³-hybridized carbons (Fsp3) is 0.511. The Labute approximate surface area is 339 Å². The van der Waals surface area contributed by atoms with Gasteiger partial charge in [-0.15, -0.1) is 10.9 Å². The fourth-order valence-electron chi connectivity index (χ4n) is 8.22. The van der Waals surface area contributed by atoms with E-state index >= 15 is 0 Å². The lowest BCUT2D eigenvalue weighted by atomic mass is 9.45. The van der Waals surface area contributed by atoms with E-state index < -0.39 is 6.55 Å². The summed E-state index contributed by atoms with van der Waals surface area (Å²) < 4.78 is 15.5. The first kappa shape index (κ1) is 45.1. The van der Waals surface area contributed by atoms with Gasteiger partial charge in [-0.1, -0.05) is 142 Å². The van der Waals surface area contributed by atoms with Crippen molar-refractivity contribution in [1.29, 1.82) is 0 Å². The summed E-state index contributed by atoms with van der Waals surface area (Å²) in [5.41, 5.74) is 9.33. The van der Waals surface area contributed by atoms with Crippen LogP contribution < -0.4 is 32.9 Å².